The summed E-state index contributed by atoms with van der Waals surface area (Å²) in [6.07, 6.45) is 6.53. The van der Waals surface area contributed by atoms with Crippen LogP contribution in [-0.2, 0) is 9.53 Å². The smallest absolute Gasteiger partial charge is 0.307 e. The highest BCUT2D eigenvalue weighted by Gasteiger charge is 2.40. The van der Waals surface area contributed by atoms with Crippen molar-refractivity contribution in [2.45, 2.75) is 57.9 Å². The van der Waals surface area contributed by atoms with E-state index in [2.05, 4.69) is 19.2 Å². The molecule has 1 fully saturated rings. The molecule has 1 rings (SSSR count). The molecule has 0 aromatic carbocycles. The first-order chi connectivity index (χ1) is 7.68. The van der Waals surface area contributed by atoms with Gasteiger partial charge in [-0.2, -0.15) is 0 Å². The molecule has 1 aliphatic rings. The van der Waals surface area contributed by atoms with Gasteiger partial charge in [-0.05, 0) is 25.3 Å². The Morgan fingerprint density at radius 3 is 2.75 bits per heavy atom. The number of methoxy groups -OCH3 is 1. The normalized spacial score (nSPS) is 30.1. The van der Waals surface area contributed by atoms with Gasteiger partial charge >= 0.3 is 5.97 Å². The molecule has 0 radical (unpaired) electrons. The Morgan fingerprint density at radius 2 is 2.19 bits per heavy atom. The Balaban J connectivity index is 2.78. The molecule has 0 spiro atoms. The van der Waals surface area contributed by atoms with E-state index in [1.807, 2.05) is 0 Å². The molecule has 0 bridgehead atoms. The molecule has 0 aromatic rings. The maximum atomic E-state index is 11.6. The van der Waals surface area contributed by atoms with E-state index >= 15 is 0 Å². The van der Waals surface area contributed by atoms with Gasteiger partial charge in [-0.3, -0.25) is 4.79 Å². The second kappa shape index (κ2) is 6.24. The summed E-state index contributed by atoms with van der Waals surface area (Å²) in [5, 5.41) is 3.56. The lowest BCUT2D eigenvalue weighted by Gasteiger charge is -2.44. The van der Waals surface area contributed by atoms with E-state index in [9.17, 15) is 4.79 Å². The van der Waals surface area contributed by atoms with Crippen molar-refractivity contribution in [3.63, 3.8) is 0 Å². The molecule has 0 aromatic heterocycles. The topological polar surface area (TPSA) is 38.3 Å². The van der Waals surface area contributed by atoms with Crippen molar-refractivity contribution >= 4 is 5.97 Å². The molecule has 0 aliphatic heterocycles. The van der Waals surface area contributed by atoms with Crippen LogP contribution in [0.15, 0.2) is 0 Å². The average Bonchev–Trinajstić information content (AvgIpc) is 2.30. The molecule has 0 saturated heterocycles. The molecule has 1 aliphatic carbocycles. The minimum Gasteiger partial charge on any atom is -0.469 e. The van der Waals surface area contributed by atoms with Gasteiger partial charge in [0.15, 0.2) is 0 Å². The van der Waals surface area contributed by atoms with Crippen molar-refractivity contribution in [2.24, 2.45) is 5.92 Å². The number of esters is 1. The number of carbonyl (C=O) groups excluding carboxylic acids is 1. The maximum absolute atomic E-state index is 11.6. The third-order valence-electron chi connectivity index (χ3n) is 3.92. The predicted octanol–water partition coefficient (Wildman–Crippen LogP) is 2.50. The van der Waals surface area contributed by atoms with Crippen LogP contribution in [-0.4, -0.2) is 25.2 Å². The van der Waals surface area contributed by atoms with Crippen LogP contribution in [0.1, 0.15) is 52.4 Å². The fraction of sp³-hybridized carbons (Fsp3) is 0.923. The molecule has 94 valence electrons. The summed E-state index contributed by atoms with van der Waals surface area (Å²) in [4.78, 5) is 11.6. The van der Waals surface area contributed by atoms with Crippen LogP contribution in [0.4, 0.5) is 0 Å². The first-order valence-electron chi connectivity index (χ1n) is 6.50. The number of nitrogens with one attached hydrogen (secondary N) is 1. The minimum atomic E-state index is -0.0821. The summed E-state index contributed by atoms with van der Waals surface area (Å²) in [6.45, 7) is 5.26. The third kappa shape index (κ3) is 2.97. The lowest BCUT2D eigenvalue weighted by molar-refractivity contribution is -0.143. The number of ether oxygens (including phenoxy) is 1. The Kier molecular flexibility index (Phi) is 5.26. The minimum absolute atomic E-state index is 0.00512. The zero-order valence-electron chi connectivity index (χ0n) is 10.8. The highest BCUT2D eigenvalue weighted by Crippen LogP contribution is 2.38. The Labute approximate surface area is 98.9 Å². The van der Waals surface area contributed by atoms with Crippen LogP contribution in [0, 0.1) is 5.92 Å². The van der Waals surface area contributed by atoms with Gasteiger partial charge in [0.05, 0.1) is 13.5 Å². The van der Waals surface area contributed by atoms with Gasteiger partial charge in [0.1, 0.15) is 0 Å². The highest BCUT2D eigenvalue weighted by molar-refractivity contribution is 5.70. The van der Waals surface area contributed by atoms with Crippen molar-refractivity contribution in [2.75, 3.05) is 13.7 Å². The molecule has 16 heavy (non-hydrogen) atoms. The van der Waals surface area contributed by atoms with Crippen LogP contribution >= 0.6 is 0 Å². The van der Waals surface area contributed by atoms with Gasteiger partial charge in [-0.25, -0.2) is 0 Å². The van der Waals surface area contributed by atoms with Crippen molar-refractivity contribution in [1.29, 1.82) is 0 Å². The van der Waals surface area contributed by atoms with Gasteiger partial charge in [0.2, 0.25) is 0 Å². The van der Waals surface area contributed by atoms with Gasteiger partial charge < -0.3 is 10.1 Å². The molecule has 3 nitrogen and oxygen atoms in total. The lowest BCUT2D eigenvalue weighted by atomic mass is 9.69. The SMILES string of the molecule is CCNC1(CC(=O)OC)CCCCC1CC. The van der Waals surface area contributed by atoms with E-state index < -0.39 is 0 Å². The van der Waals surface area contributed by atoms with E-state index in [0.29, 0.717) is 12.3 Å². The van der Waals surface area contributed by atoms with Crippen LogP contribution in [0.5, 0.6) is 0 Å². The molecule has 0 heterocycles. The quantitative estimate of drug-likeness (QED) is 0.733. The second-order valence-electron chi connectivity index (χ2n) is 4.79. The fourth-order valence-corrected chi connectivity index (χ4v) is 3.12. The Bertz CT molecular complexity index is 226. The lowest BCUT2D eigenvalue weighted by Crippen LogP contribution is -2.54. The molecule has 1 saturated carbocycles. The number of carbonyl (C=O) groups is 1. The van der Waals surface area contributed by atoms with E-state index in [1.54, 1.807) is 0 Å². The summed E-state index contributed by atoms with van der Waals surface area (Å²) in [7, 11) is 1.48. The van der Waals surface area contributed by atoms with Crippen LogP contribution in [0.2, 0.25) is 0 Å². The predicted molar refractivity (Wildman–Crippen MR) is 65.3 cm³/mol. The summed E-state index contributed by atoms with van der Waals surface area (Å²) in [5.41, 5.74) is -0.00512. The van der Waals surface area contributed by atoms with Crippen LogP contribution < -0.4 is 5.32 Å². The largest absolute Gasteiger partial charge is 0.469 e. The van der Waals surface area contributed by atoms with Gasteiger partial charge in [-0.15, -0.1) is 0 Å². The van der Waals surface area contributed by atoms with Gasteiger partial charge in [0.25, 0.3) is 0 Å². The zero-order valence-corrected chi connectivity index (χ0v) is 10.8. The first kappa shape index (κ1) is 13.5. The van der Waals surface area contributed by atoms with Crippen molar-refractivity contribution in [1.82, 2.24) is 5.32 Å². The van der Waals surface area contributed by atoms with E-state index in [4.69, 9.17) is 4.74 Å². The van der Waals surface area contributed by atoms with Crippen LogP contribution in [0.3, 0.4) is 0 Å². The standard InChI is InChI=1S/C13H25NO2/c1-4-11-8-6-7-9-13(11,14-5-2)10-12(15)16-3/h11,14H,4-10H2,1-3H3. The van der Waals surface area contributed by atoms with Gasteiger partial charge in [0, 0.05) is 5.54 Å². The molecule has 0 amide bonds. The summed E-state index contributed by atoms with van der Waals surface area (Å²) in [6, 6.07) is 0. The third-order valence-corrected chi connectivity index (χ3v) is 3.92. The average molecular weight is 227 g/mol. The van der Waals surface area contributed by atoms with Crippen molar-refractivity contribution in [3.8, 4) is 0 Å². The summed E-state index contributed by atoms with van der Waals surface area (Å²) in [5.74, 6) is 0.529. The van der Waals surface area contributed by atoms with E-state index in [1.165, 1.54) is 26.4 Å². The molecular weight excluding hydrogens is 202 g/mol. The Hall–Kier alpha value is -0.570. The number of hydrogen-bond donors (Lipinski definition) is 1. The first-order valence-corrected chi connectivity index (χ1v) is 6.50. The second-order valence-corrected chi connectivity index (χ2v) is 4.79. The molecule has 3 heteroatoms. The van der Waals surface area contributed by atoms with Crippen molar-refractivity contribution < 1.29 is 9.53 Å². The van der Waals surface area contributed by atoms with E-state index in [0.717, 1.165) is 19.4 Å². The molecule has 2 atom stereocenters. The molecular formula is C13H25NO2. The van der Waals surface area contributed by atoms with E-state index in [-0.39, 0.29) is 11.5 Å². The summed E-state index contributed by atoms with van der Waals surface area (Å²) >= 11 is 0. The van der Waals surface area contributed by atoms with Crippen molar-refractivity contribution in [3.05, 3.63) is 0 Å². The molecule has 2 unspecified atom stereocenters. The highest BCUT2D eigenvalue weighted by atomic mass is 16.5. The van der Waals surface area contributed by atoms with Gasteiger partial charge in [-0.1, -0.05) is 33.1 Å². The van der Waals surface area contributed by atoms with Crippen LogP contribution in [0.25, 0.3) is 0 Å². The fourth-order valence-electron chi connectivity index (χ4n) is 3.12. The molecule has 1 N–H and O–H groups in total. The zero-order chi connectivity index (χ0) is 12.0. The maximum Gasteiger partial charge on any atom is 0.307 e. The number of rotatable bonds is 5. The number of hydrogen-bond acceptors (Lipinski definition) is 3. The monoisotopic (exact) mass is 227 g/mol. The summed E-state index contributed by atoms with van der Waals surface area (Å²) < 4.78 is 4.84. The Morgan fingerprint density at radius 1 is 1.44 bits per heavy atom.